The molecule has 0 radical (unpaired) electrons. The van der Waals surface area contributed by atoms with Crippen LogP contribution in [-0.2, 0) is 7.05 Å². The summed E-state index contributed by atoms with van der Waals surface area (Å²) in [4.78, 5) is 6.55. The van der Waals surface area contributed by atoms with E-state index in [0.717, 1.165) is 17.7 Å². The van der Waals surface area contributed by atoms with E-state index in [4.69, 9.17) is 21.3 Å². The van der Waals surface area contributed by atoms with Crippen molar-refractivity contribution in [1.82, 2.24) is 14.8 Å². The van der Waals surface area contributed by atoms with Crippen LogP contribution >= 0.6 is 11.6 Å². The zero-order valence-electron chi connectivity index (χ0n) is 14.8. The number of pyridine rings is 1. The molecule has 1 aromatic carbocycles. The lowest BCUT2D eigenvalue weighted by atomic mass is 10.1. The minimum Gasteiger partial charge on any atom is -0.490 e. The highest BCUT2D eigenvalue weighted by atomic mass is 35.5. The average molecular weight is 386 g/mol. The fraction of sp³-hybridized carbons (Fsp3) is 0.263. The van der Waals surface area contributed by atoms with Crippen LogP contribution in [0.3, 0.4) is 0 Å². The Morgan fingerprint density at radius 1 is 1.26 bits per heavy atom. The molecule has 1 unspecified atom stereocenters. The number of hydrogen-bond acceptors (Lipinski definition) is 6. The third-order valence-electron chi connectivity index (χ3n) is 4.43. The Labute approximate surface area is 162 Å². The molecule has 0 aliphatic carbocycles. The second kappa shape index (κ2) is 7.46. The van der Waals surface area contributed by atoms with Gasteiger partial charge in [-0.2, -0.15) is 5.10 Å². The topological polar surface area (TPSA) is 75.4 Å². The molecule has 0 spiro atoms. The maximum Gasteiger partial charge on any atom is 0.207 e. The second-order valence-corrected chi connectivity index (χ2v) is 6.72. The standard InChI is InChI=1S/C19H20ClN5O2/c1-24-17(8-9-21-24)23-19(26)25-10-3-11-27-16-7-6-15(22-18(16)25)13-4-2-5-14(20)12-13/h2,4-9,12,19,23,26H,3,10-11H2,1H3. The molecule has 2 N–H and O–H groups in total. The lowest BCUT2D eigenvalue weighted by Crippen LogP contribution is -2.42. The Hall–Kier alpha value is -2.77. The van der Waals surface area contributed by atoms with Crippen LogP contribution in [0.2, 0.25) is 5.02 Å². The highest BCUT2D eigenvalue weighted by molar-refractivity contribution is 6.30. The molecule has 0 bridgehead atoms. The molecule has 0 saturated heterocycles. The van der Waals surface area contributed by atoms with Gasteiger partial charge < -0.3 is 20.1 Å². The summed E-state index contributed by atoms with van der Waals surface area (Å²) in [5, 5.41) is 18.6. The van der Waals surface area contributed by atoms with E-state index in [9.17, 15) is 5.11 Å². The molecule has 140 valence electrons. The van der Waals surface area contributed by atoms with Crippen molar-refractivity contribution in [3.05, 3.63) is 53.7 Å². The fourth-order valence-corrected chi connectivity index (χ4v) is 3.24. The van der Waals surface area contributed by atoms with Crippen LogP contribution in [0.4, 0.5) is 11.6 Å². The number of anilines is 2. The smallest absolute Gasteiger partial charge is 0.207 e. The van der Waals surface area contributed by atoms with Gasteiger partial charge in [-0.25, -0.2) is 4.98 Å². The Morgan fingerprint density at radius 3 is 2.93 bits per heavy atom. The van der Waals surface area contributed by atoms with Crippen molar-refractivity contribution in [1.29, 1.82) is 0 Å². The molecule has 2 aromatic heterocycles. The van der Waals surface area contributed by atoms with E-state index < -0.39 is 6.35 Å². The van der Waals surface area contributed by atoms with Crippen molar-refractivity contribution in [2.24, 2.45) is 7.05 Å². The molecule has 1 aliphatic rings. The molecule has 3 heterocycles. The van der Waals surface area contributed by atoms with Gasteiger partial charge in [0.05, 0.1) is 18.5 Å². The molecular weight excluding hydrogens is 366 g/mol. The first-order valence-corrected chi connectivity index (χ1v) is 9.08. The highest BCUT2D eigenvalue weighted by Crippen LogP contribution is 2.33. The fourth-order valence-electron chi connectivity index (χ4n) is 3.05. The SMILES string of the molecule is Cn1nccc1NC(O)N1CCCOc2ccc(-c3cccc(Cl)c3)nc21. The molecule has 1 aliphatic heterocycles. The first-order valence-electron chi connectivity index (χ1n) is 8.71. The van der Waals surface area contributed by atoms with Gasteiger partial charge in [0.1, 0.15) is 5.82 Å². The summed E-state index contributed by atoms with van der Waals surface area (Å²) in [7, 11) is 1.81. The van der Waals surface area contributed by atoms with Crippen LogP contribution in [0, 0.1) is 0 Å². The van der Waals surface area contributed by atoms with E-state index >= 15 is 0 Å². The van der Waals surface area contributed by atoms with Gasteiger partial charge in [0.2, 0.25) is 6.35 Å². The number of rotatable bonds is 4. The summed E-state index contributed by atoms with van der Waals surface area (Å²) in [6.07, 6.45) is 1.47. The predicted molar refractivity (Wildman–Crippen MR) is 105 cm³/mol. The van der Waals surface area contributed by atoms with E-state index in [2.05, 4.69) is 10.4 Å². The number of aliphatic hydroxyl groups is 1. The third kappa shape index (κ3) is 3.70. The van der Waals surface area contributed by atoms with Crippen LogP contribution in [-0.4, -0.2) is 39.4 Å². The van der Waals surface area contributed by atoms with Crippen LogP contribution < -0.4 is 15.0 Å². The quantitative estimate of drug-likeness (QED) is 0.672. The number of nitrogens with zero attached hydrogens (tertiary/aromatic N) is 4. The van der Waals surface area contributed by atoms with Crippen molar-refractivity contribution >= 4 is 23.2 Å². The normalized spacial score (nSPS) is 14.9. The predicted octanol–water partition coefficient (Wildman–Crippen LogP) is 3.11. The Morgan fingerprint density at radius 2 is 2.15 bits per heavy atom. The maximum absolute atomic E-state index is 10.8. The molecule has 3 aromatic rings. The molecule has 1 atom stereocenters. The number of aryl methyl sites for hydroxylation is 1. The Balaban J connectivity index is 1.68. The zero-order valence-corrected chi connectivity index (χ0v) is 15.6. The Kier molecular flexibility index (Phi) is 4.87. The number of ether oxygens (including phenoxy) is 1. The van der Waals surface area contributed by atoms with Gasteiger partial charge in [0.25, 0.3) is 0 Å². The average Bonchev–Trinajstić information content (AvgIpc) is 2.94. The maximum atomic E-state index is 10.8. The first kappa shape index (κ1) is 17.6. The number of hydrogen-bond donors (Lipinski definition) is 2. The number of aliphatic hydroxyl groups excluding tert-OH is 1. The highest BCUT2D eigenvalue weighted by Gasteiger charge is 2.25. The van der Waals surface area contributed by atoms with Gasteiger partial charge in [-0.05, 0) is 30.7 Å². The van der Waals surface area contributed by atoms with Crippen molar-refractivity contribution in [2.75, 3.05) is 23.4 Å². The molecule has 0 amide bonds. The van der Waals surface area contributed by atoms with Crippen molar-refractivity contribution < 1.29 is 9.84 Å². The second-order valence-electron chi connectivity index (χ2n) is 6.28. The van der Waals surface area contributed by atoms with Gasteiger partial charge >= 0.3 is 0 Å². The molecule has 4 rings (SSSR count). The van der Waals surface area contributed by atoms with Crippen LogP contribution in [0.1, 0.15) is 6.42 Å². The van der Waals surface area contributed by atoms with E-state index in [1.165, 1.54) is 0 Å². The number of halogens is 1. The van der Waals surface area contributed by atoms with Crippen molar-refractivity contribution in [2.45, 2.75) is 12.8 Å². The molecule has 27 heavy (non-hydrogen) atoms. The van der Waals surface area contributed by atoms with Gasteiger partial charge in [-0.15, -0.1) is 0 Å². The molecule has 7 nitrogen and oxygen atoms in total. The summed E-state index contributed by atoms with van der Waals surface area (Å²) in [5.74, 6) is 1.94. The van der Waals surface area contributed by atoms with Gasteiger partial charge in [-0.1, -0.05) is 23.7 Å². The largest absolute Gasteiger partial charge is 0.490 e. The van der Waals surface area contributed by atoms with Gasteiger partial charge in [0, 0.05) is 30.2 Å². The lowest BCUT2D eigenvalue weighted by molar-refractivity contribution is 0.195. The summed E-state index contributed by atoms with van der Waals surface area (Å²) in [5.41, 5.74) is 1.67. The lowest BCUT2D eigenvalue weighted by Gasteiger charge is -2.29. The monoisotopic (exact) mass is 385 g/mol. The number of nitrogens with one attached hydrogen (secondary N) is 1. The van der Waals surface area contributed by atoms with Crippen molar-refractivity contribution in [3.8, 4) is 17.0 Å². The minimum atomic E-state index is -0.969. The summed E-state index contributed by atoms with van der Waals surface area (Å²) in [6, 6.07) is 13.1. The zero-order chi connectivity index (χ0) is 18.8. The van der Waals surface area contributed by atoms with Gasteiger partial charge in [-0.3, -0.25) is 4.68 Å². The van der Waals surface area contributed by atoms with E-state index in [-0.39, 0.29) is 0 Å². The van der Waals surface area contributed by atoms with Gasteiger partial charge in [0.15, 0.2) is 11.6 Å². The number of aromatic nitrogens is 3. The van der Waals surface area contributed by atoms with Crippen LogP contribution in [0.25, 0.3) is 11.3 Å². The number of benzene rings is 1. The minimum absolute atomic E-state index is 0.570. The molecule has 0 fully saturated rings. The Bertz CT molecular complexity index is 945. The van der Waals surface area contributed by atoms with Crippen LogP contribution in [0.15, 0.2) is 48.7 Å². The molecular formula is C19H20ClN5O2. The summed E-state index contributed by atoms with van der Waals surface area (Å²) < 4.78 is 7.48. The molecule has 8 heteroatoms. The van der Waals surface area contributed by atoms with E-state index in [0.29, 0.717) is 35.6 Å². The summed E-state index contributed by atoms with van der Waals surface area (Å²) >= 11 is 6.12. The first-order chi connectivity index (χ1) is 13.1. The van der Waals surface area contributed by atoms with E-state index in [1.54, 1.807) is 21.8 Å². The summed E-state index contributed by atoms with van der Waals surface area (Å²) in [6.45, 7) is 1.17. The van der Waals surface area contributed by atoms with E-state index in [1.807, 2.05) is 43.4 Å². The third-order valence-corrected chi connectivity index (χ3v) is 4.66. The molecule has 0 saturated carbocycles. The number of fused-ring (bicyclic) bond motifs is 1. The van der Waals surface area contributed by atoms with Crippen molar-refractivity contribution in [3.63, 3.8) is 0 Å². The van der Waals surface area contributed by atoms with Crippen LogP contribution in [0.5, 0.6) is 5.75 Å².